The molecule has 1 aliphatic carbocycles. The van der Waals surface area contributed by atoms with E-state index in [1.807, 2.05) is 13.2 Å². The zero-order chi connectivity index (χ0) is 13.4. The summed E-state index contributed by atoms with van der Waals surface area (Å²) in [6.45, 7) is 2.06. The lowest BCUT2D eigenvalue weighted by Crippen LogP contribution is -2.21. The Morgan fingerprint density at radius 3 is 2.95 bits per heavy atom. The largest absolute Gasteiger partial charge is 0.306 e. The maximum atomic E-state index is 12.1. The first-order valence-electron chi connectivity index (χ1n) is 6.84. The summed E-state index contributed by atoms with van der Waals surface area (Å²) >= 11 is 0. The standard InChI is InChI=1S/C14H18N4O/c1-3-11-10(8-18(2)17-11)13-15-12-7-5-4-6-9(12)14(19)16-13/h8H,3-7H2,1-2H3,(H,15,16,19). The Kier molecular flexibility index (Phi) is 2.97. The summed E-state index contributed by atoms with van der Waals surface area (Å²) < 4.78 is 1.77. The quantitative estimate of drug-likeness (QED) is 0.890. The number of fused-ring (bicyclic) bond motifs is 1. The average Bonchev–Trinajstić information content (AvgIpc) is 2.80. The van der Waals surface area contributed by atoms with Crippen LogP contribution in [-0.2, 0) is 26.3 Å². The van der Waals surface area contributed by atoms with Crippen molar-refractivity contribution in [1.82, 2.24) is 19.7 Å². The van der Waals surface area contributed by atoms with Gasteiger partial charge in [0.15, 0.2) is 0 Å². The Labute approximate surface area is 111 Å². The van der Waals surface area contributed by atoms with Crippen LogP contribution in [0.15, 0.2) is 11.0 Å². The van der Waals surface area contributed by atoms with E-state index in [2.05, 4.69) is 22.0 Å². The summed E-state index contributed by atoms with van der Waals surface area (Å²) in [5, 5.41) is 4.40. The van der Waals surface area contributed by atoms with Crippen molar-refractivity contribution in [3.63, 3.8) is 0 Å². The Morgan fingerprint density at radius 2 is 2.16 bits per heavy atom. The Balaban J connectivity index is 2.15. The van der Waals surface area contributed by atoms with Gasteiger partial charge in [0.25, 0.3) is 5.56 Å². The van der Waals surface area contributed by atoms with Crippen LogP contribution in [0.5, 0.6) is 0 Å². The molecule has 0 saturated carbocycles. The molecular formula is C14H18N4O. The van der Waals surface area contributed by atoms with E-state index >= 15 is 0 Å². The van der Waals surface area contributed by atoms with Gasteiger partial charge in [0.2, 0.25) is 0 Å². The molecule has 0 unspecified atom stereocenters. The molecule has 0 spiro atoms. The van der Waals surface area contributed by atoms with Gasteiger partial charge in [-0.1, -0.05) is 6.92 Å². The van der Waals surface area contributed by atoms with Crippen LogP contribution in [0.1, 0.15) is 36.7 Å². The molecule has 5 heteroatoms. The number of nitrogens with one attached hydrogen (secondary N) is 1. The van der Waals surface area contributed by atoms with Crippen molar-refractivity contribution in [2.75, 3.05) is 0 Å². The number of hydrogen-bond acceptors (Lipinski definition) is 3. The van der Waals surface area contributed by atoms with E-state index in [-0.39, 0.29) is 5.56 Å². The third-order valence-corrected chi connectivity index (χ3v) is 3.69. The van der Waals surface area contributed by atoms with Gasteiger partial charge in [0, 0.05) is 18.8 Å². The van der Waals surface area contributed by atoms with Gasteiger partial charge >= 0.3 is 0 Å². The molecule has 3 rings (SSSR count). The van der Waals surface area contributed by atoms with E-state index in [1.54, 1.807) is 4.68 Å². The summed E-state index contributed by atoms with van der Waals surface area (Å²) in [6, 6.07) is 0. The molecule has 19 heavy (non-hydrogen) atoms. The molecule has 0 fully saturated rings. The highest BCUT2D eigenvalue weighted by Crippen LogP contribution is 2.22. The first-order chi connectivity index (χ1) is 9.19. The van der Waals surface area contributed by atoms with Gasteiger partial charge in [-0.15, -0.1) is 0 Å². The molecule has 0 radical (unpaired) electrons. The molecule has 2 aromatic rings. The fourth-order valence-electron chi connectivity index (χ4n) is 2.72. The SMILES string of the molecule is CCc1nn(C)cc1-c1nc2c(c(=O)[nH]1)CCCC2. The summed E-state index contributed by atoms with van der Waals surface area (Å²) in [7, 11) is 1.89. The summed E-state index contributed by atoms with van der Waals surface area (Å²) in [4.78, 5) is 19.7. The minimum atomic E-state index is 0.0191. The molecule has 0 saturated heterocycles. The van der Waals surface area contributed by atoms with Crippen molar-refractivity contribution < 1.29 is 0 Å². The minimum absolute atomic E-state index is 0.0191. The molecule has 0 aromatic carbocycles. The molecule has 0 bridgehead atoms. The maximum Gasteiger partial charge on any atom is 0.254 e. The molecule has 1 aliphatic rings. The van der Waals surface area contributed by atoms with Crippen LogP contribution in [0.25, 0.3) is 11.4 Å². The van der Waals surface area contributed by atoms with Gasteiger partial charge in [-0.05, 0) is 32.1 Å². The fraction of sp³-hybridized carbons (Fsp3) is 0.500. The Bertz CT molecular complexity index is 669. The third kappa shape index (κ3) is 2.09. The molecule has 0 atom stereocenters. The third-order valence-electron chi connectivity index (χ3n) is 3.69. The second-order valence-corrected chi connectivity index (χ2v) is 5.06. The highest BCUT2D eigenvalue weighted by Gasteiger charge is 2.18. The van der Waals surface area contributed by atoms with Gasteiger partial charge in [0.1, 0.15) is 5.82 Å². The minimum Gasteiger partial charge on any atom is -0.306 e. The van der Waals surface area contributed by atoms with Crippen molar-refractivity contribution in [2.45, 2.75) is 39.0 Å². The van der Waals surface area contributed by atoms with Crippen LogP contribution in [0.4, 0.5) is 0 Å². The van der Waals surface area contributed by atoms with E-state index in [9.17, 15) is 4.79 Å². The van der Waals surface area contributed by atoms with Crippen LogP contribution in [0.2, 0.25) is 0 Å². The number of aryl methyl sites for hydroxylation is 3. The van der Waals surface area contributed by atoms with Crippen LogP contribution < -0.4 is 5.56 Å². The number of aromatic nitrogens is 4. The van der Waals surface area contributed by atoms with Gasteiger partial charge in [-0.2, -0.15) is 5.10 Å². The maximum absolute atomic E-state index is 12.1. The van der Waals surface area contributed by atoms with Crippen LogP contribution >= 0.6 is 0 Å². The topological polar surface area (TPSA) is 63.6 Å². The van der Waals surface area contributed by atoms with E-state index in [1.165, 1.54) is 0 Å². The van der Waals surface area contributed by atoms with Crippen molar-refractivity contribution >= 4 is 0 Å². The van der Waals surface area contributed by atoms with Crippen LogP contribution in [-0.4, -0.2) is 19.7 Å². The van der Waals surface area contributed by atoms with E-state index in [4.69, 9.17) is 0 Å². The molecule has 1 N–H and O–H groups in total. The van der Waals surface area contributed by atoms with Crippen molar-refractivity contribution in [1.29, 1.82) is 0 Å². The van der Waals surface area contributed by atoms with Crippen molar-refractivity contribution in [2.24, 2.45) is 7.05 Å². The Hall–Kier alpha value is -1.91. The predicted molar refractivity (Wildman–Crippen MR) is 73.1 cm³/mol. The van der Waals surface area contributed by atoms with Crippen LogP contribution in [0.3, 0.4) is 0 Å². The molecule has 0 amide bonds. The predicted octanol–water partition coefficient (Wildman–Crippen LogP) is 1.61. The summed E-state index contributed by atoms with van der Waals surface area (Å²) in [5.74, 6) is 0.663. The smallest absolute Gasteiger partial charge is 0.254 e. The molecule has 100 valence electrons. The highest BCUT2D eigenvalue weighted by molar-refractivity contribution is 5.57. The lowest BCUT2D eigenvalue weighted by atomic mass is 9.97. The lowest BCUT2D eigenvalue weighted by Gasteiger charge is -2.14. The lowest BCUT2D eigenvalue weighted by molar-refractivity contribution is 0.657. The normalized spacial score (nSPS) is 14.4. The number of rotatable bonds is 2. The number of nitrogens with zero attached hydrogens (tertiary/aromatic N) is 3. The van der Waals surface area contributed by atoms with E-state index in [0.717, 1.165) is 54.6 Å². The summed E-state index contributed by atoms with van der Waals surface area (Å²) in [5.41, 5.74) is 3.77. The molecule has 0 aliphatic heterocycles. The number of aromatic amines is 1. The van der Waals surface area contributed by atoms with Gasteiger partial charge in [-0.25, -0.2) is 4.98 Å². The number of H-pyrrole nitrogens is 1. The van der Waals surface area contributed by atoms with E-state index in [0.29, 0.717) is 5.82 Å². The second-order valence-electron chi connectivity index (χ2n) is 5.06. The van der Waals surface area contributed by atoms with Crippen molar-refractivity contribution in [3.05, 3.63) is 33.5 Å². The number of hydrogen-bond donors (Lipinski definition) is 1. The molecule has 2 heterocycles. The molecular weight excluding hydrogens is 240 g/mol. The van der Waals surface area contributed by atoms with Gasteiger partial charge < -0.3 is 4.98 Å². The van der Waals surface area contributed by atoms with E-state index < -0.39 is 0 Å². The summed E-state index contributed by atoms with van der Waals surface area (Å²) in [6.07, 6.45) is 6.73. The first kappa shape index (κ1) is 12.1. The van der Waals surface area contributed by atoms with Crippen molar-refractivity contribution in [3.8, 4) is 11.4 Å². The van der Waals surface area contributed by atoms with Gasteiger partial charge in [0.05, 0.1) is 17.0 Å². The fourth-order valence-corrected chi connectivity index (χ4v) is 2.72. The zero-order valence-corrected chi connectivity index (χ0v) is 11.4. The average molecular weight is 258 g/mol. The molecule has 5 nitrogen and oxygen atoms in total. The zero-order valence-electron chi connectivity index (χ0n) is 11.4. The Morgan fingerprint density at radius 1 is 1.37 bits per heavy atom. The van der Waals surface area contributed by atoms with Gasteiger partial charge in [-0.3, -0.25) is 9.48 Å². The second kappa shape index (κ2) is 4.64. The molecule has 2 aromatic heterocycles. The highest BCUT2D eigenvalue weighted by atomic mass is 16.1. The first-order valence-corrected chi connectivity index (χ1v) is 6.84. The van der Waals surface area contributed by atoms with Crippen LogP contribution in [0, 0.1) is 0 Å². The monoisotopic (exact) mass is 258 g/mol.